The fraction of sp³-hybridized carbons (Fsp3) is 0.462. The molecule has 0 saturated heterocycles. The molecule has 20 heavy (non-hydrogen) atoms. The lowest BCUT2D eigenvalue weighted by Crippen LogP contribution is -2.31. The number of carbonyl (C=O) groups excluding carboxylic acids is 1. The van der Waals surface area contributed by atoms with E-state index in [2.05, 4.69) is 10.1 Å². The Kier molecular flexibility index (Phi) is 3.87. The second kappa shape index (κ2) is 5.30. The normalized spacial score (nSPS) is 16.9. The minimum Gasteiger partial charge on any atom is -0.478 e. The molecule has 0 bridgehead atoms. The maximum absolute atomic E-state index is 13.8. The average Bonchev–Trinajstić information content (AvgIpc) is 2.52. The summed E-state index contributed by atoms with van der Waals surface area (Å²) in [5.74, 6) is -1.88. The summed E-state index contributed by atoms with van der Waals surface area (Å²) < 4.78 is 55.6. The van der Waals surface area contributed by atoms with E-state index >= 15 is 0 Å². The van der Waals surface area contributed by atoms with Gasteiger partial charge in [0.25, 0.3) is 5.91 Å². The fourth-order valence-corrected chi connectivity index (χ4v) is 1.94. The summed E-state index contributed by atoms with van der Waals surface area (Å²) in [4.78, 5) is 11.7. The Morgan fingerprint density at radius 3 is 2.70 bits per heavy atom. The number of fused-ring (bicyclic) bond motifs is 1. The number of benzene rings is 1. The van der Waals surface area contributed by atoms with Crippen LogP contribution in [0, 0.1) is 5.82 Å². The maximum atomic E-state index is 13.8. The van der Waals surface area contributed by atoms with Gasteiger partial charge in [0.1, 0.15) is 0 Å². The molecule has 1 aromatic carbocycles. The van der Waals surface area contributed by atoms with Crippen LogP contribution in [0.5, 0.6) is 5.75 Å². The highest BCUT2D eigenvalue weighted by molar-refractivity contribution is 5.96. The number of hydrogen-bond acceptors (Lipinski definition) is 2. The molecule has 0 aliphatic carbocycles. The lowest BCUT2D eigenvalue weighted by atomic mass is 10.0. The minimum atomic E-state index is -4.57. The molecular formula is C13H13F4NO2. The Hall–Kier alpha value is -1.79. The van der Waals surface area contributed by atoms with Gasteiger partial charge in [-0.15, -0.1) is 0 Å². The zero-order valence-electron chi connectivity index (χ0n) is 10.7. The zero-order valence-corrected chi connectivity index (χ0v) is 10.7. The van der Waals surface area contributed by atoms with Crippen molar-refractivity contribution < 1.29 is 27.1 Å². The van der Waals surface area contributed by atoms with Crippen molar-refractivity contribution in [1.29, 1.82) is 0 Å². The fourth-order valence-electron chi connectivity index (χ4n) is 1.94. The SMILES string of the molecule is CC(Oc1cc2c(cc1F)C(=O)NCCC2)C(F)(F)F. The number of halogens is 4. The molecule has 0 radical (unpaired) electrons. The van der Waals surface area contributed by atoms with E-state index in [-0.39, 0.29) is 5.56 Å². The molecule has 1 heterocycles. The largest absolute Gasteiger partial charge is 0.478 e. The van der Waals surface area contributed by atoms with Gasteiger partial charge in [0.05, 0.1) is 0 Å². The molecule has 1 N–H and O–H groups in total. The summed E-state index contributed by atoms with van der Waals surface area (Å²) in [6.07, 6.45) is -5.57. The Morgan fingerprint density at radius 1 is 1.35 bits per heavy atom. The first-order chi connectivity index (χ1) is 9.29. The van der Waals surface area contributed by atoms with Crippen LogP contribution >= 0.6 is 0 Å². The predicted molar refractivity (Wildman–Crippen MR) is 63.2 cm³/mol. The van der Waals surface area contributed by atoms with Gasteiger partial charge in [0, 0.05) is 12.1 Å². The van der Waals surface area contributed by atoms with Crippen LogP contribution < -0.4 is 10.1 Å². The van der Waals surface area contributed by atoms with Gasteiger partial charge in [-0.05, 0) is 37.5 Å². The van der Waals surface area contributed by atoms with E-state index in [9.17, 15) is 22.4 Å². The topological polar surface area (TPSA) is 38.3 Å². The molecule has 2 rings (SSSR count). The van der Waals surface area contributed by atoms with Gasteiger partial charge in [0.15, 0.2) is 17.7 Å². The summed E-state index contributed by atoms with van der Waals surface area (Å²) in [7, 11) is 0. The molecule has 3 nitrogen and oxygen atoms in total. The average molecular weight is 291 g/mol. The van der Waals surface area contributed by atoms with E-state index in [1.807, 2.05) is 0 Å². The highest BCUT2D eigenvalue weighted by Crippen LogP contribution is 2.29. The van der Waals surface area contributed by atoms with Crippen LogP contribution in [0.4, 0.5) is 17.6 Å². The van der Waals surface area contributed by atoms with Crippen molar-refractivity contribution in [3.63, 3.8) is 0 Å². The summed E-state index contributed by atoms with van der Waals surface area (Å²) >= 11 is 0. The summed E-state index contributed by atoms with van der Waals surface area (Å²) in [6, 6.07) is 2.10. The summed E-state index contributed by atoms with van der Waals surface area (Å²) in [6.45, 7) is 1.25. The molecule has 1 aromatic rings. The third-order valence-electron chi connectivity index (χ3n) is 3.08. The Morgan fingerprint density at radius 2 is 2.05 bits per heavy atom. The van der Waals surface area contributed by atoms with Crippen LogP contribution in [-0.2, 0) is 6.42 Å². The minimum absolute atomic E-state index is 0.145. The van der Waals surface area contributed by atoms with Crippen molar-refractivity contribution in [3.05, 3.63) is 29.1 Å². The smallest absolute Gasteiger partial charge is 0.425 e. The number of ether oxygens (including phenoxy) is 1. The highest BCUT2D eigenvalue weighted by atomic mass is 19.4. The summed E-state index contributed by atoms with van der Waals surface area (Å²) in [5, 5.41) is 2.59. The van der Waals surface area contributed by atoms with Crippen LogP contribution in [0.2, 0.25) is 0 Å². The molecule has 1 atom stereocenters. The van der Waals surface area contributed by atoms with Gasteiger partial charge in [-0.2, -0.15) is 13.2 Å². The lowest BCUT2D eigenvalue weighted by Gasteiger charge is -2.19. The maximum Gasteiger partial charge on any atom is 0.425 e. The van der Waals surface area contributed by atoms with Crippen molar-refractivity contribution in [2.75, 3.05) is 6.54 Å². The number of carbonyl (C=O) groups is 1. The Labute approximate surface area is 112 Å². The van der Waals surface area contributed by atoms with Crippen molar-refractivity contribution >= 4 is 5.91 Å². The van der Waals surface area contributed by atoms with E-state index in [1.165, 1.54) is 6.07 Å². The van der Waals surface area contributed by atoms with Crippen LogP contribution in [-0.4, -0.2) is 24.7 Å². The molecule has 0 spiro atoms. The van der Waals surface area contributed by atoms with Crippen LogP contribution in [0.25, 0.3) is 0 Å². The van der Waals surface area contributed by atoms with Gasteiger partial charge >= 0.3 is 6.18 Å². The Balaban J connectivity index is 2.32. The highest BCUT2D eigenvalue weighted by Gasteiger charge is 2.38. The first kappa shape index (κ1) is 14.6. The second-order valence-electron chi connectivity index (χ2n) is 4.60. The van der Waals surface area contributed by atoms with E-state index in [1.54, 1.807) is 0 Å². The molecule has 1 aliphatic rings. The van der Waals surface area contributed by atoms with Crippen molar-refractivity contribution in [1.82, 2.24) is 5.32 Å². The predicted octanol–water partition coefficient (Wildman–Crippen LogP) is 2.83. The molecule has 1 unspecified atom stereocenters. The number of nitrogens with one attached hydrogen (secondary N) is 1. The molecule has 7 heteroatoms. The second-order valence-corrected chi connectivity index (χ2v) is 4.60. The van der Waals surface area contributed by atoms with E-state index in [0.717, 1.165) is 13.0 Å². The van der Waals surface area contributed by atoms with E-state index < -0.39 is 29.8 Å². The van der Waals surface area contributed by atoms with Crippen molar-refractivity contribution in [2.24, 2.45) is 0 Å². The molecule has 1 amide bonds. The molecule has 110 valence electrons. The van der Waals surface area contributed by atoms with Gasteiger partial charge in [-0.3, -0.25) is 4.79 Å². The van der Waals surface area contributed by atoms with Gasteiger partial charge in [-0.25, -0.2) is 4.39 Å². The third kappa shape index (κ3) is 3.02. The van der Waals surface area contributed by atoms with E-state index in [0.29, 0.717) is 24.9 Å². The van der Waals surface area contributed by atoms with E-state index in [4.69, 9.17) is 0 Å². The van der Waals surface area contributed by atoms with Crippen LogP contribution in [0.15, 0.2) is 12.1 Å². The first-order valence-corrected chi connectivity index (χ1v) is 6.13. The number of hydrogen-bond donors (Lipinski definition) is 1. The quantitative estimate of drug-likeness (QED) is 0.851. The number of rotatable bonds is 2. The monoisotopic (exact) mass is 291 g/mol. The van der Waals surface area contributed by atoms with Gasteiger partial charge in [-0.1, -0.05) is 0 Å². The third-order valence-corrected chi connectivity index (χ3v) is 3.08. The first-order valence-electron chi connectivity index (χ1n) is 6.13. The number of alkyl halides is 3. The molecule has 0 aromatic heterocycles. The molecule has 1 aliphatic heterocycles. The van der Waals surface area contributed by atoms with Gasteiger partial charge < -0.3 is 10.1 Å². The van der Waals surface area contributed by atoms with Crippen molar-refractivity contribution in [3.8, 4) is 5.75 Å². The van der Waals surface area contributed by atoms with Gasteiger partial charge in [0.2, 0.25) is 0 Å². The van der Waals surface area contributed by atoms with Crippen LogP contribution in [0.1, 0.15) is 29.3 Å². The van der Waals surface area contributed by atoms with Crippen LogP contribution in [0.3, 0.4) is 0 Å². The molecule has 0 saturated carbocycles. The standard InChI is InChI=1S/C13H13F4NO2/c1-7(13(15,16)17)20-11-5-8-3-2-4-18-12(19)9(8)6-10(11)14/h5-7H,2-4H2,1H3,(H,18,19). The number of aryl methyl sites for hydroxylation is 1. The molecular weight excluding hydrogens is 278 g/mol. The Bertz CT molecular complexity index is 528. The van der Waals surface area contributed by atoms with Crippen molar-refractivity contribution in [2.45, 2.75) is 32.0 Å². The zero-order chi connectivity index (χ0) is 14.9. The number of amides is 1. The molecule has 0 fully saturated rings. The summed E-state index contributed by atoms with van der Waals surface area (Å²) in [5.41, 5.74) is 0.637. The lowest BCUT2D eigenvalue weighted by molar-refractivity contribution is -0.189.